The van der Waals surface area contributed by atoms with Gasteiger partial charge in [0, 0.05) is 26.6 Å². The van der Waals surface area contributed by atoms with Gasteiger partial charge in [-0.25, -0.2) is 4.79 Å². The first kappa shape index (κ1) is 17.9. The zero-order valence-corrected chi connectivity index (χ0v) is 12.7. The van der Waals surface area contributed by atoms with Crippen molar-refractivity contribution in [2.75, 3.05) is 20.2 Å². The fourth-order valence-electron chi connectivity index (χ4n) is 1.43. The summed E-state index contributed by atoms with van der Waals surface area (Å²) in [5.41, 5.74) is 0.352. The SMILES string of the molecule is C=C(CCN(CC)C(=O)OC(C)(C)C)CC(O)OC. The van der Waals surface area contributed by atoms with E-state index in [0.717, 1.165) is 5.57 Å². The minimum Gasteiger partial charge on any atom is -0.444 e. The smallest absolute Gasteiger partial charge is 0.410 e. The van der Waals surface area contributed by atoms with Crippen LogP contribution in [-0.4, -0.2) is 48.2 Å². The summed E-state index contributed by atoms with van der Waals surface area (Å²) in [4.78, 5) is 13.5. The molecule has 0 aliphatic rings. The number of ether oxygens (including phenoxy) is 2. The zero-order valence-electron chi connectivity index (χ0n) is 12.7. The Bertz CT molecular complexity index is 296. The van der Waals surface area contributed by atoms with Gasteiger partial charge in [0.25, 0.3) is 0 Å². The summed E-state index contributed by atoms with van der Waals surface area (Å²) in [7, 11) is 1.44. The van der Waals surface area contributed by atoms with Crippen LogP contribution in [0.4, 0.5) is 4.79 Å². The molecule has 0 aliphatic heterocycles. The number of aliphatic hydroxyl groups excluding tert-OH is 1. The number of nitrogens with zero attached hydrogens (tertiary/aromatic N) is 1. The average molecular weight is 273 g/mol. The van der Waals surface area contributed by atoms with Gasteiger partial charge in [-0.2, -0.15) is 0 Å². The summed E-state index contributed by atoms with van der Waals surface area (Å²) in [6.07, 6.45) is -0.158. The van der Waals surface area contributed by atoms with Crippen LogP contribution in [0.2, 0.25) is 0 Å². The normalized spacial score (nSPS) is 12.9. The molecule has 0 aromatic heterocycles. The van der Waals surface area contributed by atoms with E-state index in [9.17, 15) is 9.90 Å². The summed E-state index contributed by atoms with van der Waals surface area (Å²) in [6.45, 7) is 12.4. The van der Waals surface area contributed by atoms with Gasteiger partial charge in [0.2, 0.25) is 0 Å². The van der Waals surface area contributed by atoms with Gasteiger partial charge >= 0.3 is 6.09 Å². The van der Waals surface area contributed by atoms with Crippen LogP contribution in [0.15, 0.2) is 12.2 Å². The molecule has 0 saturated carbocycles. The number of carbonyl (C=O) groups excluding carboxylic acids is 1. The van der Waals surface area contributed by atoms with Crippen molar-refractivity contribution in [2.45, 2.75) is 52.4 Å². The minimum absolute atomic E-state index is 0.324. The molecule has 1 unspecified atom stereocenters. The van der Waals surface area contributed by atoms with Gasteiger partial charge in [0.15, 0.2) is 6.29 Å². The van der Waals surface area contributed by atoms with Gasteiger partial charge < -0.3 is 19.5 Å². The molecule has 5 nitrogen and oxygen atoms in total. The Morgan fingerprint density at radius 2 is 2.00 bits per heavy atom. The van der Waals surface area contributed by atoms with Crippen LogP contribution in [0.1, 0.15) is 40.5 Å². The predicted octanol–water partition coefficient (Wildman–Crippen LogP) is 2.54. The first-order valence-corrected chi connectivity index (χ1v) is 6.55. The van der Waals surface area contributed by atoms with E-state index in [0.29, 0.717) is 25.9 Å². The van der Waals surface area contributed by atoms with E-state index in [1.54, 1.807) is 4.90 Å². The van der Waals surface area contributed by atoms with E-state index in [-0.39, 0.29) is 6.09 Å². The minimum atomic E-state index is -0.830. The molecule has 1 N–H and O–H groups in total. The van der Waals surface area contributed by atoms with Crippen LogP contribution in [0.5, 0.6) is 0 Å². The van der Waals surface area contributed by atoms with E-state index in [1.165, 1.54) is 7.11 Å². The van der Waals surface area contributed by atoms with Crippen LogP contribution in [0.25, 0.3) is 0 Å². The summed E-state index contributed by atoms with van der Waals surface area (Å²) in [6, 6.07) is 0. The third kappa shape index (κ3) is 8.61. The largest absolute Gasteiger partial charge is 0.444 e. The highest BCUT2D eigenvalue weighted by molar-refractivity contribution is 5.68. The molecule has 5 heteroatoms. The molecule has 0 spiro atoms. The zero-order chi connectivity index (χ0) is 15.1. The fourth-order valence-corrected chi connectivity index (χ4v) is 1.43. The quantitative estimate of drug-likeness (QED) is 0.572. The lowest BCUT2D eigenvalue weighted by atomic mass is 10.1. The van der Waals surface area contributed by atoms with Crippen molar-refractivity contribution in [3.8, 4) is 0 Å². The van der Waals surface area contributed by atoms with Gasteiger partial charge in [-0.15, -0.1) is 0 Å². The number of amides is 1. The third-order valence-corrected chi connectivity index (χ3v) is 2.50. The molecule has 0 aromatic rings. The van der Waals surface area contributed by atoms with Gasteiger partial charge in [-0.3, -0.25) is 0 Å². The van der Waals surface area contributed by atoms with E-state index in [1.807, 2.05) is 27.7 Å². The number of hydrogen-bond donors (Lipinski definition) is 1. The van der Waals surface area contributed by atoms with E-state index in [2.05, 4.69) is 6.58 Å². The maximum absolute atomic E-state index is 11.9. The van der Waals surface area contributed by atoms with Crippen LogP contribution >= 0.6 is 0 Å². The second kappa shape index (κ2) is 8.17. The first-order chi connectivity index (χ1) is 8.69. The molecule has 0 heterocycles. The van der Waals surface area contributed by atoms with E-state index >= 15 is 0 Å². The van der Waals surface area contributed by atoms with Crippen LogP contribution in [0, 0.1) is 0 Å². The van der Waals surface area contributed by atoms with E-state index in [4.69, 9.17) is 9.47 Å². The molecule has 0 radical (unpaired) electrons. The Kier molecular flexibility index (Phi) is 7.71. The summed E-state index contributed by atoms with van der Waals surface area (Å²) >= 11 is 0. The second-order valence-corrected chi connectivity index (χ2v) is 5.45. The number of carbonyl (C=O) groups is 1. The molecular weight excluding hydrogens is 246 g/mol. The topological polar surface area (TPSA) is 59.0 Å². The maximum atomic E-state index is 11.9. The number of rotatable bonds is 7. The Hall–Kier alpha value is -1.07. The van der Waals surface area contributed by atoms with Gasteiger partial charge in [-0.05, 0) is 34.1 Å². The molecular formula is C14H27NO4. The highest BCUT2D eigenvalue weighted by Crippen LogP contribution is 2.13. The molecule has 0 aromatic carbocycles. The number of aliphatic hydroxyl groups is 1. The monoisotopic (exact) mass is 273 g/mol. The lowest BCUT2D eigenvalue weighted by Gasteiger charge is -2.26. The maximum Gasteiger partial charge on any atom is 0.410 e. The molecule has 1 amide bonds. The number of hydrogen-bond acceptors (Lipinski definition) is 4. The van der Waals surface area contributed by atoms with Crippen molar-refractivity contribution < 1.29 is 19.4 Å². The molecule has 19 heavy (non-hydrogen) atoms. The number of methoxy groups -OCH3 is 1. The molecule has 0 saturated heterocycles. The highest BCUT2D eigenvalue weighted by Gasteiger charge is 2.21. The Balaban J connectivity index is 4.20. The van der Waals surface area contributed by atoms with Crippen molar-refractivity contribution in [1.29, 1.82) is 0 Å². The second-order valence-electron chi connectivity index (χ2n) is 5.45. The lowest BCUT2D eigenvalue weighted by Crippen LogP contribution is -2.37. The standard InChI is InChI=1S/C14H27NO4/c1-7-15(13(17)19-14(3,4)5)9-8-11(2)10-12(16)18-6/h12,16H,2,7-10H2,1,3-6H3. The van der Waals surface area contributed by atoms with Crippen molar-refractivity contribution >= 4 is 6.09 Å². The first-order valence-electron chi connectivity index (χ1n) is 6.55. The van der Waals surface area contributed by atoms with Gasteiger partial charge in [0.1, 0.15) is 5.60 Å². The van der Waals surface area contributed by atoms with Gasteiger partial charge in [-0.1, -0.05) is 12.2 Å². The van der Waals surface area contributed by atoms with Crippen molar-refractivity contribution in [2.24, 2.45) is 0 Å². The highest BCUT2D eigenvalue weighted by atomic mass is 16.6. The van der Waals surface area contributed by atoms with Crippen molar-refractivity contribution in [3.63, 3.8) is 0 Å². The molecule has 1 atom stereocenters. The van der Waals surface area contributed by atoms with Crippen molar-refractivity contribution in [1.82, 2.24) is 4.90 Å². The van der Waals surface area contributed by atoms with Crippen LogP contribution in [0.3, 0.4) is 0 Å². The van der Waals surface area contributed by atoms with E-state index < -0.39 is 11.9 Å². The van der Waals surface area contributed by atoms with Crippen molar-refractivity contribution in [3.05, 3.63) is 12.2 Å². The average Bonchev–Trinajstić information content (AvgIpc) is 2.27. The van der Waals surface area contributed by atoms with Crippen LogP contribution < -0.4 is 0 Å². The summed E-state index contributed by atoms with van der Waals surface area (Å²) in [5, 5.41) is 9.32. The molecule has 112 valence electrons. The summed E-state index contributed by atoms with van der Waals surface area (Å²) < 4.78 is 10.1. The molecule has 0 aliphatic carbocycles. The Morgan fingerprint density at radius 3 is 2.42 bits per heavy atom. The van der Waals surface area contributed by atoms with Crippen LogP contribution in [-0.2, 0) is 9.47 Å². The molecule has 0 rings (SSSR count). The third-order valence-electron chi connectivity index (χ3n) is 2.50. The Morgan fingerprint density at radius 1 is 1.42 bits per heavy atom. The fraction of sp³-hybridized carbons (Fsp3) is 0.786. The Labute approximate surface area is 116 Å². The lowest BCUT2D eigenvalue weighted by molar-refractivity contribution is -0.0723. The van der Waals surface area contributed by atoms with Gasteiger partial charge in [0.05, 0.1) is 0 Å². The molecule has 0 fully saturated rings. The summed E-state index contributed by atoms with van der Waals surface area (Å²) in [5.74, 6) is 0. The predicted molar refractivity (Wildman–Crippen MR) is 74.9 cm³/mol. The molecule has 0 bridgehead atoms.